The zero-order valence-electron chi connectivity index (χ0n) is 12.1. The first-order valence-electron chi connectivity index (χ1n) is 6.72. The van der Waals surface area contributed by atoms with Gasteiger partial charge in [0.2, 0.25) is 0 Å². The Morgan fingerprint density at radius 1 is 1.32 bits per heavy atom. The summed E-state index contributed by atoms with van der Waals surface area (Å²) >= 11 is 1.58. The third kappa shape index (κ3) is 2.78. The molecule has 3 rings (SSSR count). The number of thiophene rings is 1. The summed E-state index contributed by atoms with van der Waals surface area (Å²) < 4.78 is 15.1. The predicted octanol–water partition coefficient (Wildman–Crippen LogP) is 3.94. The lowest BCUT2D eigenvalue weighted by molar-refractivity contribution is 0.102. The molecule has 112 valence electrons. The molecule has 0 bridgehead atoms. The third-order valence-corrected chi connectivity index (χ3v) is 4.19. The van der Waals surface area contributed by atoms with Crippen LogP contribution >= 0.6 is 11.3 Å². The van der Waals surface area contributed by atoms with Crippen molar-refractivity contribution in [1.82, 2.24) is 9.78 Å². The Hall–Kier alpha value is -2.47. The Kier molecular flexibility index (Phi) is 3.77. The minimum Gasteiger partial charge on any atom is -0.319 e. The Labute approximate surface area is 131 Å². The molecule has 6 heteroatoms. The van der Waals surface area contributed by atoms with Gasteiger partial charge in [-0.2, -0.15) is 5.10 Å². The number of halogens is 1. The lowest BCUT2D eigenvalue weighted by atomic mass is 10.2. The number of hydrogen-bond acceptors (Lipinski definition) is 3. The molecule has 3 aromatic rings. The van der Waals surface area contributed by atoms with Gasteiger partial charge >= 0.3 is 0 Å². The van der Waals surface area contributed by atoms with Crippen LogP contribution in [0.15, 0.2) is 42.7 Å². The summed E-state index contributed by atoms with van der Waals surface area (Å²) in [6, 6.07) is 8.20. The molecular formula is C16H14FN3OS. The van der Waals surface area contributed by atoms with Gasteiger partial charge in [0, 0.05) is 9.75 Å². The topological polar surface area (TPSA) is 46.9 Å². The smallest absolute Gasteiger partial charge is 0.256 e. The Bertz CT molecular complexity index is 838. The second kappa shape index (κ2) is 5.73. The summed E-state index contributed by atoms with van der Waals surface area (Å²) in [5.41, 5.74) is 1.52. The number of nitrogens with zero attached hydrogens (tertiary/aromatic N) is 2. The Balaban J connectivity index is 1.82. The summed E-state index contributed by atoms with van der Waals surface area (Å²) in [7, 11) is 0. The number of anilines is 1. The van der Waals surface area contributed by atoms with Crippen LogP contribution in [0, 0.1) is 19.7 Å². The highest BCUT2D eigenvalue weighted by Gasteiger charge is 2.13. The lowest BCUT2D eigenvalue weighted by Gasteiger charge is -2.03. The zero-order chi connectivity index (χ0) is 15.7. The van der Waals surface area contributed by atoms with E-state index < -0.39 is 0 Å². The van der Waals surface area contributed by atoms with E-state index in [9.17, 15) is 9.18 Å². The maximum atomic E-state index is 13.7. The number of carbonyl (C=O) groups excluding carboxylic acids is 1. The second-order valence-corrected chi connectivity index (χ2v) is 6.37. The molecule has 0 unspecified atom stereocenters. The number of amides is 1. The number of rotatable bonds is 3. The molecule has 0 atom stereocenters. The van der Waals surface area contributed by atoms with Crippen molar-refractivity contribution >= 4 is 22.9 Å². The fraction of sp³-hybridized carbons (Fsp3) is 0.125. The lowest BCUT2D eigenvalue weighted by Crippen LogP contribution is -2.11. The predicted molar refractivity (Wildman–Crippen MR) is 85.3 cm³/mol. The van der Waals surface area contributed by atoms with Crippen molar-refractivity contribution in [3.05, 3.63) is 63.9 Å². The summed E-state index contributed by atoms with van der Waals surface area (Å²) in [5, 5.41) is 6.87. The quantitative estimate of drug-likeness (QED) is 0.795. The minimum atomic E-state index is -0.368. The van der Waals surface area contributed by atoms with Crippen molar-refractivity contribution in [3.63, 3.8) is 0 Å². The van der Waals surface area contributed by atoms with E-state index in [-0.39, 0.29) is 11.7 Å². The highest BCUT2D eigenvalue weighted by Crippen LogP contribution is 2.22. The van der Waals surface area contributed by atoms with Crippen LogP contribution in [0.3, 0.4) is 0 Å². The molecule has 0 aliphatic heterocycles. The summed E-state index contributed by atoms with van der Waals surface area (Å²) in [6.07, 6.45) is 3.09. The van der Waals surface area contributed by atoms with Gasteiger partial charge in [-0.3, -0.25) is 4.79 Å². The maximum absolute atomic E-state index is 13.7. The molecule has 0 saturated heterocycles. The van der Waals surface area contributed by atoms with Gasteiger partial charge < -0.3 is 5.32 Å². The van der Waals surface area contributed by atoms with Gasteiger partial charge in [0.1, 0.15) is 11.5 Å². The van der Waals surface area contributed by atoms with E-state index in [2.05, 4.69) is 10.4 Å². The first-order chi connectivity index (χ1) is 10.5. The maximum Gasteiger partial charge on any atom is 0.256 e. The van der Waals surface area contributed by atoms with Gasteiger partial charge in [-0.1, -0.05) is 12.1 Å². The van der Waals surface area contributed by atoms with Gasteiger partial charge in [-0.25, -0.2) is 9.07 Å². The molecule has 0 radical (unpaired) electrons. The van der Waals surface area contributed by atoms with Gasteiger partial charge in [0.15, 0.2) is 0 Å². The molecule has 0 aliphatic rings. The number of aryl methyl sites for hydroxylation is 2. The highest BCUT2D eigenvalue weighted by molar-refractivity contribution is 7.12. The molecule has 22 heavy (non-hydrogen) atoms. The van der Waals surface area contributed by atoms with E-state index in [0.29, 0.717) is 16.9 Å². The van der Waals surface area contributed by atoms with E-state index in [1.54, 1.807) is 35.7 Å². The number of nitrogens with one attached hydrogen (secondary N) is 1. The summed E-state index contributed by atoms with van der Waals surface area (Å²) in [5.74, 6) is -0.553. The van der Waals surface area contributed by atoms with E-state index in [1.807, 2.05) is 19.9 Å². The number of benzene rings is 1. The zero-order valence-corrected chi connectivity index (χ0v) is 12.9. The van der Waals surface area contributed by atoms with E-state index in [0.717, 1.165) is 9.75 Å². The molecule has 0 saturated carbocycles. The van der Waals surface area contributed by atoms with E-state index >= 15 is 0 Å². The fourth-order valence-corrected chi connectivity index (χ4v) is 3.13. The van der Waals surface area contributed by atoms with Crippen molar-refractivity contribution in [1.29, 1.82) is 0 Å². The largest absolute Gasteiger partial charge is 0.319 e. The monoisotopic (exact) mass is 315 g/mol. The van der Waals surface area contributed by atoms with Crippen LogP contribution in [0.25, 0.3) is 5.69 Å². The third-order valence-electron chi connectivity index (χ3n) is 3.23. The molecule has 1 amide bonds. The average Bonchev–Trinajstić information content (AvgIpc) is 3.06. The Morgan fingerprint density at radius 3 is 2.77 bits per heavy atom. The van der Waals surface area contributed by atoms with E-state index in [1.165, 1.54) is 16.9 Å². The molecule has 2 heterocycles. The number of hydrogen-bond donors (Lipinski definition) is 1. The minimum absolute atomic E-state index is 0.185. The van der Waals surface area contributed by atoms with Crippen LogP contribution in [-0.2, 0) is 0 Å². The highest BCUT2D eigenvalue weighted by atomic mass is 32.1. The van der Waals surface area contributed by atoms with Crippen LogP contribution in [0.5, 0.6) is 0 Å². The standard InChI is InChI=1S/C16H14FN3OS/c1-10-7-13(11(2)22-10)16(21)19-12-8-18-20(9-12)15-6-4-3-5-14(15)17/h3-9H,1-2H3,(H,19,21). The fourth-order valence-electron chi connectivity index (χ4n) is 2.21. The summed E-state index contributed by atoms with van der Waals surface area (Å²) in [6.45, 7) is 3.88. The van der Waals surface area contributed by atoms with Crippen LogP contribution < -0.4 is 5.32 Å². The number of para-hydroxylation sites is 1. The summed E-state index contributed by atoms with van der Waals surface area (Å²) in [4.78, 5) is 14.3. The molecule has 1 aromatic carbocycles. The molecule has 0 spiro atoms. The van der Waals surface area contributed by atoms with Crippen molar-refractivity contribution in [2.24, 2.45) is 0 Å². The molecule has 4 nitrogen and oxygen atoms in total. The van der Waals surface area contributed by atoms with Crippen molar-refractivity contribution in [2.45, 2.75) is 13.8 Å². The normalized spacial score (nSPS) is 10.7. The second-order valence-electron chi connectivity index (χ2n) is 4.91. The van der Waals surface area contributed by atoms with Crippen LogP contribution in [-0.4, -0.2) is 15.7 Å². The van der Waals surface area contributed by atoms with Crippen LogP contribution in [0.1, 0.15) is 20.1 Å². The SMILES string of the molecule is Cc1cc(C(=O)Nc2cnn(-c3ccccc3F)c2)c(C)s1. The molecule has 0 aliphatic carbocycles. The first-order valence-corrected chi connectivity index (χ1v) is 7.54. The van der Waals surface area contributed by atoms with Crippen molar-refractivity contribution in [2.75, 3.05) is 5.32 Å². The Morgan fingerprint density at radius 2 is 2.09 bits per heavy atom. The van der Waals surface area contributed by atoms with Crippen LogP contribution in [0.4, 0.5) is 10.1 Å². The van der Waals surface area contributed by atoms with Gasteiger partial charge in [0.05, 0.1) is 23.6 Å². The van der Waals surface area contributed by atoms with Crippen molar-refractivity contribution in [3.8, 4) is 5.69 Å². The number of aromatic nitrogens is 2. The van der Waals surface area contributed by atoms with Crippen molar-refractivity contribution < 1.29 is 9.18 Å². The number of carbonyl (C=O) groups is 1. The average molecular weight is 315 g/mol. The van der Waals surface area contributed by atoms with Gasteiger partial charge in [0.25, 0.3) is 5.91 Å². The first kappa shape index (κ1) is 14.5. The van der Waals surface area contributed by atoms with Gasteiger partial charge in [-0.05, 0) is 32.0 Å². The molecule has 1 N–H and O–H groups in total. The molecule has 0 fully saturated rings. The van der Waals surface area contributed by atoms with E-state index in [4.69, 9.17) is 0 Å². The van der Waals surface area contributed by atoms with Crippen LogP contribution in [0.2, 0.25) is 0 Å². The van der Waals surface area contributed by atoms with Gasteiger partial charge in [-0.15, -0.1) is 11.3 Å². The molecule has 2 aromatic heterocycles. The molecular weight excluding hydrogens is 301 g/mol.